The maximum Gasteiger partial charge on any atom is 0.326 e. The number of nitrogens with two attached hydrogens (primary N) is 2. The first-order chi connectivity index (χ1) is 14.6. The van der Waals surface area contributed by atoms with E-state index >= 15 is 0 Å². The number of carbonyl (C=O) groups excluding carboxylic acids is 4. The Kier molecular flexibility index (Phi) is 11.3. The number of amides is 4. The van der Waals surface area contributed by atoms with Crippen molar-refractivity contribution in [2.24, 2.45) is 11.5 Å². The van der Waals surface area contributed by atoms with Crippen molar-refractivity contribution in [3.05, 3.63) is 0 Å². The number of hydrogen-bond donors (Lipinski definition) is 9. The summed E-state index contributed by atoms with van der Waals surface area (Å²) < 4.78 is 0. The Hall–Kier alpha value is -3.79. The molecule has 0 spiro atoms. The number of carboxylic acid groups (broad SMARTS) is 3. The molecule has 4 amide bonds. The molecule has 0 aromatic carbocycles. The van der Waals surface area contributed by atoms with E-state index in [1.807, 2.05) is 16.0 Å². The Morgan fingerprint density at radius 1 is 0.750 bits per heavy atom. The van der Waals surface area contributed by atoms with Crippen molar-refractivity contribution >= 4 is 41.5 Å². The topological polar surface area (TPSA) is 289 Å². The zero-order valence-corrected chi connectivity index (χ0v) is 16.8. The predicted octanol–water partition coefficient (Wildman–Crippen LogP) is -4.94. The lowest BCUT2D eigenvalue weighted by Crippen LogP contribution is -2.60. The van der Waals surface area contributed by atoms with Crippen LogP contribution in [0.3, 0.4) is 0 Å². The number of hydrogen-bond acceptors (Lipinski definition) is 9. The highest BCUT2D eigenvalue weighted by Gasteiger charge is 2.34. The summed E-state index contributed by atoms with van der Waals surface area (Å²) in [5, 5.41) is 42.2. The summed E-state index contributed by atoms with van der Waals surface area (Å²) in [5.74, 6) is -9.39. The standard InChI is InChI=1S/C16H25N5O11/c1-5(22)12(21-13(28)6(17)2-10(24)25)15(30)19-7(4-11(26)27)14(29)20-8(16(31)32)3-9(18)23/h5-8,12,22H,2-4,17H2,1H3,(H2,18,23)(H,19,30)(H,20,29)(H,21,28)(H,24,25)(H,26,27)(H,31,32). The number of aliphatic hydroxyl groups excluding tert-OH is 1. The Bertz CT molecular complexity index is 769. The van der Waals surface area contributed by atoms with Crippen LogP contribution < -0.4 is 27.4 Å². The van der Waals surface area contributed by atoms with Crippen LogP contribution in [-0.4, -0.2) is 92.2 Å². The van der Waals surface area contributed by atoms with E-state index < -0.39 is 91.1 Å². The summed E-state index contributed by atoms with van der Waals surface area (Å²) in [7, 11) is 0. The third-order valence-electron chi connectivity index (χ3n) is 3.83. The summed E-state index contributed by atoms with van der Waals surface area (Å²) in [6.45, 7) is 1.06. The van der Waals surface area contributed by atoms with Crippen LogP contribution in [0.5, 0.6) is 0 Å². The highest BCUT2D eigenvalue weighted by molar-refractivity contribution is 5.96. The van der Waals surface area contributed by atoms with E-state index in [-0.39, 0.29) is 0 Å². The van der Waals surface area contributed by atoms with Gasteiger partial charge in [-0.1, -0.05) is 0 Å². The van der Waals surface area contributed by atoms with E-state index in [4.69, 9.17) is 26.8 Å². The molecule has 0 bridgehead atoms. The lowest BCUT2D eigenvalue weighted by molar-refractivity contribution is -0.145. The van der Waals surface area contributed by atoms with Crippen molar-refractivity contribution < 1.29 is 54.0 Å². The van der Waals surface area contributed by atoms with Crippen molar-refractivity contribution in [1.82, 2.24) is 16.0 Å². The molecule has 0 aliphatic heterocycles. The lowest BCUT2D eigenvalue weighted by Gasteiger charge is -2.25. The van der Waals surface area contributed by atoms with Gasteiger partial charge in [0, 0.05) is 0 Å². The van der Waals surface area contributed by atoms with Crippen molar-refractivity contribution in [2.75, 3.05) is 0 Å². The van der Waals surface area contributed by atoms with Crippen LogP contribution in [0, 0.1) is 0 Å². The number of primary amides is 1. The van der Waals surface area contributed by atoms with Gasteiger partial charge in [0.05, 0.1) is 31.4 Å². The maximum absolute atomic E-state index is 12.5. The number of aliphatic hydroxyl groups is 1. The molecular formula is C16H25N5O11. The monoisotopic (exact) mass is 463 g/mol. The molecule has 16 heteroatoms. The lowest BCUT2D eigenvalue weighted by atomic mass is 10.1. The molecule has 180 valence electrons. The van der Waals surface area contributed by atoms with Gasteiger partial charge in [-0.25, -0.2) is 4.79 Å². The van der Waals surface area contributed by atoms with E-state index in [0.717, 1.165) is 6.92 Å². The molecule has 5 unspecified atom stereocenters. The minimum absolute atomic E-state index is 0.791. The van der Waals surface area contributed by atoms with Gasteiger partial charge < -0.3 is 47.8 Å². The molecule has 0 rings (SSSR count). The molecule has 0 aromatic rings. The zero-order valence-electron chi connectivity index (χ0n) is 16.8. The second kappa shape index (κ2) is 12.8. The van der Waals surface area contributed by atoms with Crippen molar-refractivity contribution in [1.29, 1.82) is 0 Å². The van der Waals surface area contributed by atoms with Gasteiger partial charge in [-0.05, 0) is 6.92 Å². The highest BCUT2D eigenvalue weighted by Crippen LogP contribution is 2.02. The van der Waals surface area contributed by atoms with E-state index in [2.05, 4.69) is 0 Å². The van der Waals surface area contributed by atoms with Gasteiger partial charge in [-0.2, -0.15) is 0 Å². The van der Waals surface area contributed by atoms with Gasteiger partial charge in [0.1, 0.15) is 18.1 Å². The van der Waals surface area contributed by atoms with Crippen LogP contribution in [0.25, 0.3) is 0 Å². The van der Waals surface area contributed by atoms with Crippen LogP contribution in [0.1, 0.15) is 26.2 Å². The number of nitrogens with one attached hydrogen (secondary N) is 3. The molecule has 0 saturated carbocycles. The Morgan fingerprint density at radius 2 is 1.25 bits per heavy atom. The van der Waals surface area contributed by atoms with Crippen LogP contribution in [-0.2, 0) is 33.6 Å². The quantitative estimate of drug-likeness (QED) is 0.117. The molecule has 0 aliphatic rings. The smallest absolute Gasteiger partial charge is 0.326 e. The first kappa shape index (κ1) is 28.2. The molecule has 5 atom stereocenters. The molecule has 0 aromatic heterocycles. The molecular weight excluding hydrogens is 438 g/mol. The second-order valence-electron chi connectivity index (χ2n) is 6.66. The van der Waals surface area contributed by atoms with Crippen LogP contribution in [0.15, 0.2) is 0 Å². The van der Waals surface area contributed by atoms with Crippen LogP contribution in [0.2, 0.25) is 0 Å². The Balaban J connectivity index is 5.49. The van der Waals surface area contributed by atoms with Crippen LogP contribution >= 0.6 is 0 Å². The normalized spacial score (nSPS) is 15.2. The van der Waals surface area contributed by atoms with Gasteiger partial charge in [-0.15, -0.1) is 0 Å². The molecule has 0 saturated heterocycles. The van der Waals surface area contributed by atoms with Crippen LogP contribution in [0.4, 0.5) is 0 Å². The van der Waals surface area contributed by atoms with E-state index in [0.29, 0.717) is 0 Å². The molecule has 16 nitrogen and oxygen atoms in total. The molecule has 0 aliphatic carbocycles. The third-order valence-corrected chi connectivity index (χ3v) is 3.83. The molecule has 0 radical (unpaired) electrons. The fourth-order valence-corrected chi connectivity index (χ4v) is 2.27. The first-order valence-corrected chi connectivity index (χ1v) is 8.95. The zero-order chi connectivity index (χ0) is 25.2. The average Bonchev–Trinajstić information content (AvgIpc) is 2.62. The summed E-state index contributed by atoms with van der Waals surface area (Å²) in [6.07, 6.45) is -4.23. The fourth-order valence-electron chi connectivity index (χ4n) is 2.27. The average molecular weight is 463 g/mol. The summed E-state index contributed by atoms with van der Waals surface area (Å²) in [5.41, 5.74) is 10.2. The largest absolute Gasteiger partial charge is 0.481 e. The van der Waals surface area contributed by atoms with Gasteiger partial charge in [-0.3, -0.25) is 28.8 Å². The number of aliphatic carboxylic acids is 3. The highest BCUT2D eigenvalue weighted by atomic mass is 16.4. The van der Waals surface area contributed by atoms with Crippen molar-refractivity contribution in [3.8, 4) is 0 Å². The van der Waals surface area contributed by atoms with Gasteiger partial charge in [0.25, 0.3) is 0 Å². The van der Waals surface area contributed by atoms with Crippen molar-refractivity contribution in [2.45, 2.75) is 56.5 Å². The molecule has 0 heterocycles. The Morgan fingerprint density at radius 3 is 1.66 bits per heavy atom. The Labute approximate surface area is 180 Å². The number of carboxylic acids is 3. The predicted molar refractivity (Wildman–Crippen MR) is 101 cm³/mol. The molecule has 0 fully saturated rings. The van der Waals surface area contributed by atoms with E-state index in [1.54, 1.807) is 0 Å². The first-order valence-electron chi connectivity index (χ1n) is 8.95. The molecule has 11 N–H and O–H groups in total. The summed E-state index contributed by atoms with van der Waals surface area (Å²) in [4.78, 5) is 80.5. The SMILES string of the molecule is CC(O)C(NC(=O)C(N)CC(=O)O)C(=O)NC(CC(=O)O)C(=O)NC(CC(N)=O)C(=O)O. The minimum Gasteiger partial charge on any atom is -0.481 e. The number of rotatable bonds is 14. The number of carbonyl (C=O) groups is 7. The van der Waals surface area contributed by atoms with Gasteiger partial charge in [0.15, 0.2) is 0 Å². The van der Waals surface area contributed by atoms with Gasteiger partial charge in [0.2, 0.25) is 23.6 Å². The van der Waals surface area contributed by atoms with E-state index in [1.165, 1.54) is 0 Å². The third kappa shape index (κ3) is 10.3. The minimum atomic E-state index is -1.87. The maximum atomic E-state index is 12.5. The van der Waals surface area contributed by atoms with Gasteiger partial charge >= 0.3 is 17.9 Å². The fraction of sp³-hybridized carbons (Fsp3) is 0.562. The molecule has 32 heavy (non-hydrogen) atoms. The second-order valence-corrected chi connectivity index (χ2v) is 6.66. The summed E-state index contributed by atoms with van der Waals surface area (Å²) in [6, 6.07) is -7.04. The van der Waals surface area contributed by atoms with Crippen molar-refractivity contribution in [3.63, 3.8) is 0 Å². The summed E-state index contributed by atoms with van der Waals surface area (Å²) >= 11 is 0. The van der Waals surface area contributed by atoms with E-state index in [9.17, 15) is 38.7 Å².